The second-order valence-electron chi connectivity index (χ2n) is 5.52. The van der Waals surface area contributed by atoms with Crippen molar-refractivity contribution in [3.63, 3.8) is 0 Å². The van der Waals surface area contributed by atoms with E-state index in [0.29, 0.717) is 19.0 Å². The summed E-state index contributed by atoms with van der Waals surface area (Å²) in [5.74, 6) is 0.504. The molecule has 0 spiro atoms. The molecule has 1 aliphatic heterocycles. The first-order valence-electron chi connectivity index (χ1n) is 6.77. The minimum atomic E-state index is -0.792. The number of likely N-dealkylation sites (tertiary alicyclic amines) is 1. The van der Waals surface area contributed by atoms with Crippen LogP contribution in [0, 0.1) is 0 Å². The van der Waals surface area contributed by atoms with Crippen LogP contribution in [0.3, 0.4) is 0 Å². The van der Waals surface area contributed by atoms with E-state index in [1.807, 2.05) is 0 Å². The van der Waals surface area contributed by atoms with Crippen molar-refractivity contribution in [3.8, 4) is 0 Å². The number of carboxylic acid groups (broad SMARTS) is 1. The van der Waals surface area contributed by atoms with Gasteiger partial charge >= 0.3 is 6.09 Å². The number of piperidine rings is 1. The van der Waals surface area contributed by atoms with Crippen molar-refractivity contribution in [1.29, 1.82) is 0 Å². The van der Waals surface area contributed by atoms with Gasteiger partial charge in [0, 0.05) is 19.6 Å². The number of nitrogens with zero attached hydrogens (tertiary/aromatic N) is 2. The molecule has 1 saturated heterocycles. The molecule has 0 aliphatic carbocycles. The average molecular weight is 262 g/mol. The van der Waals surface area contributed by atoms with E-state index in [9.17, 15) is 4.79 Å². The van der Waals surface area contributed by atoms with Gasteiger partial charge in [-0.2, -0.15) is 0 Å². The lowest BCUT2D eigenvalue weighted by Crippen LogP contribution is -2.36. The molecule has 4 heteroatoms. The van der Waals surface area contributed by atoms with E-state index in [1.54, 1.807) is 0 Å². The van der Waals surface area contributed by atoms with E-state index in [0.717, 1.165) is 19.4 Å². The van der Waals surface area contributed by atoms with Crippen LogP contribution in [0.5, 0.6) is 0 Å². The fourth-order valence-corrected chi connectivity index (χ4v) is 2.66. The molecule has 104 valence electrons. The summed E-state index contributed by atoms with van der Waals surface area (Å²) in [5, 5.41) is 8.94. The molecule has 0 radical (unpaired) electrons. The van der Waals surface area contributed by atoms with Crippen LogP contribution in [0.25, 0.3) is 0 Å². The highest BCUT2D eigenvalue weighted by atomic mass is 16.4. The number of hydrogen-bond donors (Lipinski definition) is 1. The maximum absolute atomic E-state index is 10.9. The average Bonchev–Trinajstić information content (AvgIpc) is 2.39. The van der Waals surface area contributed by atoms with Gasteiger partial charge in [-0.1, -0.05) is 24.3 Å². The molecule has 2 rings (SSSR count). The van der Waals surface area contributed by atoms with Crippen molar-refractivity contribution in [3.05, 3.63) is 35.4 Å². The van der Waals surface area contributed by atoms with Crippen molar-refractivity contribution in [2.24, 2.45) is 0 Å². The van der Waals surface area contributed by atoms with E-state index >= 15 is 0 Å². The Balaban J connectivity index is 1.94. The lowest BCUT2D eigenvalue weighted by atomic mass is 9.89. The topological polar surface area (TPSA) is 43.8 Å². The van der Waals surface area contributed by atoms with Crippen LogP contribution in [-0.4, -0.2) is 48.2 Å². The van der Waals surface area contributed by atoms with Crippen LogP contribution in [-0.2, 0) is 6.54 Å². The maximum Gasteiger partial charge on any atom is 0.407 e. The van der Waals surface area contributed by atoms with Gasteiger partial charge in [0.15, 0.2) is 0 Å². The number of benzene rings is 1. The summed E-state index contributed by atoms with van der Waals surface area (Å²) in [6, 6.07) is 8.75. The summed E-state index contributed by atoms with van der Waals surface area (Å²) in [4.78, 5) is 14.5. The minimum absolute atomic E-state index is 0.504. The van der Waals surface area contributed by atoms with Gasteiger partial charge in [-0.05, 0) is 44.0 Å². The van der Waals surface area contributed by atoms with E-state index in [-0.39, 0.29) is 0 Å². The van der Waals surface area contributed by atoms with E-state index in [1.165, 1.54) is 16.0 Å². The summed E-state index contributed by atoms with van der Waals surface area (Å²) in [7, 11) is 4.13. The summed E-state index contributed by atoms with van der Waals surface area (Å²) < 4.78 is 0. The highest BCUT2D eigenvalue weighted by Crippen LogP contribution is 2.28. The van der Waals surface area contributed by atoms with Crippen LogP contribution < -0.4 is 0 Å². The first-order valence-corrected chi connectivity index (χ1v) is 6.77. The Morgan fingerprint density at radius 1 is 1.26 bits per heavy atom. The SMILES string of the molecule is CN(C)Cc1ccc(C2CCN(C(=O)O)CC2)cc1. The molecule has 1 heterocycles. The Hall–Kier alpha value is -1.55. The molecule has 19 heavy (non-hydrogen) atoms. The predicted octanol–water partition coefficient (Wildman–Crippen LogP) is 2.61. The zero-order valence-electron chi connectivity index (χ0n) is 11.7. The molecule has 1 aromatic rings. The molecule has 1 fully saturated rings. The molecule has 1 N–H and O–H groups in total. The Morgan fingerprint density at radius 3 is 2.32 bits per heavy atom. The molecule has 1 aliphatic rings. The van der Waals surface area contributed by atoms with Crippen molar-refractivity contribution in [2.75, 3.05) is 27.2 Å². The van der Waals surface area contributed by atoms with Crippen molar-refractivity contribution in [2.45, 2.75) is 25.3 Å². The van der Waals surface area contributed by atoms with Gasteiger partial charge < -0.3 is 14.9 Å². The van der Waals surface area contributed by atoms with Gasteiger partial charge in [-0.25, -0.2) is 4.79 Å². The molecule has 1 amide bonds. The molecule has 0 unspecified atom stereocenters. The van der Waals surface area contributed by atoms with Crippen LogP contribution in [0.1, 0.15) is 29.9 Å². The van der Waals surface area contributed by atoms with Gasteiger partial charge in [-0.15, -0.1) is 0 Å². The first-order chi connectivity index (χ1) is 9.06. The summed E-state index contributed by atoms with van der Waals surface area (Å²) in [5.41, 5.74) is 2.66. The highest BCUT2D eigenvalue weighted by molar-refractivity contribution is 5.65. The molecule has 0 bridgehead atoms. The van der Waals surface area contributed by atoms with Gasteiger partial charge in [0.05, 0.1) is 0 Å². The Labute approximate surface area is 114 Å². The smallest absolute Gasteiger partial charge is 0.407 e. The Kier molecular flexibility index (Phi) is 4.43. The van der Waals surface area contributed by atoms with Crippen molar-refractivity contribution in [1.82, 2.24) is 9.80 Å². The van der Waals surface area contributed by atoms with E-state index in [4.69, 9.17) is 5.11 Å². The largest absolute Gasteiger partial charge is 0.465 e. The standard InChI is InChI=1S/C15H22N2O2/c1-16(2)11-12-3-5-13(6-4-12)14-7-9-17(10-8-14)15(18)19/h3-6,14H,7-11H2,1-2H3,(H,18,19). The van der Waals surface area contributed by atoms with Gasteiger partial charge in [0.1, 0.15) is 0 Å². The third-order valence-electron chi connectivity index (χ3n) is 3.72. The van der Waals surface area contributed by atoms with Crippen LogP contribution >= 0.6 is 0 Å². The molecule has 0 saturated carbocycles. The fourth-order valence-electron chi connectivity index (χ4n) is 2.66. The molecule has 4 nitrogen and oxygen atoms in total. The van der Waals surface area contributed by atoms with Gasteiger partial charge in [0.25, 0.3) is 0 Å². The predicted molar refractivity (Wildman–Crippen MR) is 75.4 cm³/mol. The Bertz CT molecular complexity index is 420. The van der Waals surface area contributed by atoms with E-state index in [2.05, 4.69) is 43.3 Å². The van der Waals surface area contributed by atoms with Crippen LogP contribution in [0.4, 0.5) is 4.79 Å². The summed E-state index contributed by atoms with van der Waals surface area (Å²) >= 11 is 0. The fraction of sp³-hybridized carbons (Fsp3) is 0.533. The number of carbonyl (C=O) groups is 1. The molecular weight excluding hydrogens is 240 g/mol. The summed E-state index contributed by atoms with van der Waals surface area (Å²) in [6.45, 7) is 2.26. The lowest BCUT2D eigenvalue weighted by molar-refractivity contribution is 0.132. The number of amides is 1. The second-order valence-corrected chi connectivity index (χ2v) is 5.52. The third-order valence-corrected chi connectivity index (χ3v) is 3.72. The van der Waals surface area contributed by atoms with Crippen LogP contribution in [0.15, 0.2) is 24.3 Å². The minimum Gasteiger partial charge on any atom is -0.465 e. The number of rotatable bonds is 3. The quantitative estimate of drug-likeness (QED) is 0.910. The van der Waals surface area contributed by atoms with Gasteiger partial charge in [-0.3, -0.25) is 0 Å². The Morgan fingerprint density at radius 2 is 1.84 bits per heavy atom. The zero-order chi connectivity index (χ0) is 13.8. The molecular formula is C15H22N2O2. The molecule has 1 aromatic carbocycles. The summed E-state index contributed by atoms with van der Waals surface area (Å²) in [6.07, 6.45) is 1.07. The second kappa shape index (κ2) is 6.06. The third kappa shape index (κ3) is 3.70. The highest BCUT2D eigenvalue weighted by Gasteiger charge is 2.23. The molecule has 0 atom stereocenters. The van der Waals surface area contributed by atoms with Crippen molar-refractivity contribution >= 4 is 6.09 Å². The number of hydrogen-bond acceptors (Lipinski definition) is 2. The lowest BCUT2D eigenvalue weighted by Gasteiger charge is -2.30. The van der Waals surface area contributed by atoms with Crippen LogP contribution in [0.2, 0.25) is 0 Å². The zero-order valence-corrected chi connectivity index (χ0v) is 11.7. The normalized spacial score (nSPS) is 16.9. The maximum atomic E-state index is 10.9. The van der Waals surface area contributed by atoms with Gasteiger partial charge in [0.2, 0.25) is 0 Å². The van der Waals surface area contributed by atoms with E-state index < -0.39 is 6.09 Å². The first kappa shape index (κ1) is 13.9. The monoisotopic (exact) mass is 262 g/mol. The molecule has 0 aromatic heterocycles. The van der Waals surface area contributed by atoms with Crippen molar-refractivity contribution < 1.29 is 9.90 Å².